The van der Waals surface area contributed by atoms with Crippen molar-refractivity contribution < 1.29 is 23.3 Å². The molecule has 3 aromatic carbocycles. The molecule has 0 fully saturated rings. The highest BCUT2D eigenvalue weighted by atomic mass is 31.2. The second kappa shape index (κ2) is 12.0. The van der Waals surface area contributed by atoms with Crippen molar-refractivity contribution in [2.24, 2.45) is 0 Å². The smallest absolute Gasteiger partial charge is 0.268 e. The van der Waals surface area contributed by atoms with Crippen molar-refractivity contribution in [1.29, 1.82) is 0 Å². The first-order chi connectivity index (χ1) is 17.4. The second-order valence-corrected chi connectivity index (χ2v) is 10.4. The lowest BCUT2D eigenvalue weighted by atomic mass is 10.0. The summed E-state index contributed by atoms with van der Waals surface area (Å²) in [5.74, 6) is -0.173. The lowest BCUT2D eigenvalue weighted by molar-refractivity contribution is -0.230. The van der Waals surface area contributed by atoms with Crippen LogP contribution in [0, 0.1) is 0 Å². The van der Waals surface area contributed by atoms with Crippen LogP contribution in [0.25, 0.3) is 0 Å². The second-order valence-electron chi connectivity index (χ2n) is 9.08. The van der Waals surface area contributed by atoms with Crippen LogP contribution in [0.4, 0.5) is 0 Å². The van der Waals surface area contributed by atoms with Crippen LogP contribution in [0.15, 0.2) is 78.9 Å². The summed E-state index contributed by atoms with van der Waals surface area (Å²) in [6.45, 7) is 4.06. The Labute approximate surface area is 213 Å². The maximum atomic E-state index is 14.0. The molecule has 1 amide bonds. The minimum Gasteiger partial charge on any atom is -0.756 e. The zero-order chi connectivity index (χ0) is 25.5. The molecule has 0 N–H and O–H groups in total. The van der Waals surface area contributed by atoms with Crippen molar-refractivity contribution in [2.75, 3.05) is 6.61 Å². The molecule has 36 heavy (non-hydrogen) atoms. The van der Waals surface area contributed by atoms with Gasteiger partial charge in [0.2, 0.25) is 0 Å². The SMILES string of the molecule is CCCCc1ccc(C(=O)N(Cc2ccccc2)C2c3ccccc3CC2OP(=O)([O-])OCC)cc1. The van der Waals surface area contributed by atoms with Crippen molar-refractivity contribution in [1.82, 2.24) is 4.90 Å². The first-order valence-electron chi connectivity index (χ1n) is 12.6. The molecule has 1 aliphatic carbocycles. The maximum Gasteiger partial charge on any atom is 0.268 e. The Kier molecular flexibility index (Phi) is 8.76. The number of phosphoric ester groups is 1. The van der Waals surface area contributed by atoms with E-state index in [-0.39, 0.29) is 12.5 Å². The largest absolute Gasteiger partial charge is 0.756 e. The molecule has 190 valence electrons. The van der Waals surface area contributed by atoms with E-state index in [9.17, 15) is 14.3 Å². The summed E-state index contributed by atoms with van der Waals surface area (Å²) < 4.78 is 23.0. The lowest BCUT2D eigenvalue weighted by Crippen LogP contribution is -2.40. The third-order valence-electron chi connectivity index (χ3n) is 6.51. The third-order valence-corrected chi connectivity index (χ3v) is 7.61. The number of unbranched alkanes of at least 4 members (excludes halogenated alkanes) is 1. The third kappa shape index (κ3) is 6.32. The molecule has 0 radical (unpaired) electrons. The van der Waals surface area contributed by atoms with Crippen molar-refractivity contribution >= 4 is 13.7 Å². The van der Waals surface area contributed by atoms with E-state index < -0.39 is 20.0 Å². The number of amides is 1. The highest BCUT2D eigenvalue weighted by Gasteiger charge is 2.41. The molecule has 4 rings (SSSR count). The van der Waals surface area contributed by atoms with Gasteiger partial charge in [-0.3, -0.25) is 9.36 Å². The van der Waals surface area contributed by atoms with Gasteiger partial charge in [-0.05, 0) is 54.2 Å². The van der Waals surface area contributed by atoms with E-state index in [4.69, 9.17) is 9.05 Å². The molecule has 3 aromatic rings. The summed E-state index contributed by atoms with van der Waals surface area (Å²) in [5, 5.41) is 0. The number of nitrogens with zero attached hydrogens (tertiary/aromatic N) is 1. The number of fused-ring (bicyclic) bond motifs is 1. The zero-order valence-electron chi connectivity index (χ0n) is 20.8. The van der Waals surface area contributed by atoms with E-state index in [1.165, 1.54) is 5.56 Å². The highest BCUT2D eigenvalue weighted by molar-refractivity contribution is 7.45. The van der Waals surface area contributed by atoms with Gasteiger partial charge in [0.15, 0.2) is 0 Å². The van der Waals surface area contributed by atoms with Gasteiger partial charge >= 0.3 is 0 Å². The summed E-state index contributed by atoms with van der Waals surface area (Å²) >= 11 is 0. The quantitative estimate of drug-likeness (QED) is 0.305. The number of rotatable bonds is 11. The molecule has 3 atom stereocenters. The first-order valence-corrected chi connectivity index (χ1v) is 14.0. The predicted molar refractivity (Wildman–Crippen MR) is 138 cm³/mol. The van der Waals surface area contributed by atoms with Gasteiger partial charge in [-0.1, -0.05) is 80.1 Å². The molecular weight excluding hydrogens is 473 g/mol. The fraction of sp³-hybridized carbons (Fsp3) is 0.345. The molecule has 0 aromatic heterocycles. The number of phosphoric acid groups is 1. The normalized spacial score (nSPS) is 18.4. The van der Waals surface area contributed by atoms with Gasteiger partial charge in [-0.15, -0.1) is 0 Å². The fourth-order valence-corrected chi connectivity index (χ4v) is 5.69. The molecule has 0 saturated heterocycles. The van der Waals surface area contributed by atoms with Crippen LogP contribution in [-0.4, -0.2) is 23.5 Å². The van der Waals surface area contributed by atoms with Crippen LogP contribution in [0.3, 0.4) is 0 Å². The van der Waals surface area contributed by atoms with Crippen molar-refractivity contribution in [3.63, 3.8) is 0 Å². The van der Waals surface area contributed by atoms with E-state index in [0.717, 1.165) is 36.0 Å². The van der Waals surface area contributed by atoms with Gasteiger partial charge in [-0.25, -0.2) is 0 Å². The van der Waals surface area contributed by atoms with Crippen LogP contribution in [0.2, 0.25) is 0 Å². The Morgan fingerprint density at radius 2 is 1.67 bits per heavy atom. The van der Waals surface area contributed by atoms with Crippen LogP contribution >= 0.6 is 7.82 Å². The average molecular weight is 507 g/mol. The number of carbonyl (C=O) groups excluding carboxylic acids is 1. The number of benzene rings is 3. The van der Waals surface area contributed by atoms with E-state index in [1.807, 2.05) is 78.9 Å². The van der Waals surface area contributed by atoms with E-state index in [0.29, 0.717) is 18.5 Å². The average Bonchev–Trinajstić information content (AvgIpc) is 3.23. The Morgan fingerprint density at radius 1 is 0.972 bits per heavy atom. The highest BCUT2D eigenvalue weighted by Crippen LogP contribution is 2.48. The number of carbonyl (C=O) groups is 1. The van der Waals surface area contributed by atoms with Gasteiger partial charge in [0.05, 0.1) is 18.8 Å². The molecule has 0 bridgehead atoms. The van der Waals surface area contributed by atoms with Crippen LogP contribution in [0.1, 0.15) is 65.3 Å². The number of hydrogen-bond acceptors (Lipinski definition) is 5. The molecular formula is C29H33NO5P-. The first kappa shape index (κ1) is 26.3. The summed E-state index contributed by atoms with van der Waals surface area (Å²) in [5.41, 5.74) is 4.56. The van der Waals surface area contributed by atoms with Gasteiger partial charge < -0.3 is 18.8 Å². The molecule has 7 heteroatoms. The Morgan fingerprint density at radius 3 is 2.36 bits per heavy atom. The summed E-state index contributed by atoms with van der Waals surface area (Å²) in [6, 6.07) is 24.6. The predicted octanol–water partition coefficient (Wildman–Crippen LogP) is 5.86. The molecule has 3 unspecified atom stereocenters. The molecule has 0 aliphatic heterocycles. The summed E-state index contributed by atoms with van der Waals surface area (Å²) in [6.07, 6.45) is 2.77. The standard InChI is InChI=1S/C29H34NO5P/c1-3-5-11-22-16-18-24(19-17-22)29(31)30(21-23-12-7-6-8-13-23)28-26-15-10-9-14-25(26)20-27(28)35-36(32,33)34-4-2/h6-10,12-19,27-28H,3-5,11,20-21H2,1-2H3,(H,32,33)/p-1. The number of aryl methyl sites for hydroxylation is 1. The molecule has 0 heterocycles. The zero-order valence-corrected chi connectivity index (χ0v) is 21.7. The Balaban J connectivity index is 1.72. The summed E-state index contributed by atoms with van der Waals surface area (Å²) in [4.78, 5) is 28.2. The Bertz CT molecular complexity index is 1200. The molecule has 0 spiro atoms. The minimum atomic E-state index is -4.54. The van der Waals surface area contributed by atoms with Gasteiger partial charge in [0.1, 0.15) is 0 Å². The van der Waals surface area contributed by atoms with Crippen LogP contribution in [-0.2, 0) is 33.0 Å². The van der Waals surface area contributed by atoms with E-state index >= 15 is 0 Å². The van der Waals surface area contributed by atoms with E-state index in [2.05, 4.69) is 6.92 Å². The van der Waals surface area contributed by atoms with E-state index in [1.54, 1.807) is 11.8 Å². The van der Waals surface area contributed by atoms with Crippen LogP contribution < -0.4 is 4.89 Å². The lowest BCUT2D eigenvalue weighted by Gasteiger charge is -2.36. The fourth-order valence-electron chi connectivity index (χ4n) is 4.79. The van der Waals surface area contributed by atoms with Crippen molar-refractivity contribution in [3.05, 3.63) is 107 Å². The topological polar surface area (TPSA) is 78.9 Å². The van der Waals surface area contributed by atoms with Gasteiger partial charge in [0.25, 0.3) is 13.7 Å². The Hall–Kier alpha value is -2.76. The van der Waals surface area contributed by atoms with Gasteiger partial charge in [-0.2, -0.15) is 0 Å². The molecule has 6 nitrogen and oxygen atoms in total. The monoisotopic (exact) mass is 506 g/mol. The molecule has 1 aliphatic rings. The van der Waals surface area contributed by atoms with Crippen molar-refractivity contribution in [3.8, 4) is 0 Å². The summed E-state index contributed by atoms with van der Waals surface area (Å²) in [7, 11) is -4.54. The van der Waals surface area contributed by atoms with Gasteiger partial charge in [0, 0.05) is 18.5 Å². The number of hydrogen-bond donors (Lipinski definition) is 0. The molecule has 0 saturated carbocycles. The maximum absolute atomic E-state index is 14.0. The van der Waals surface area contributed by atoms with Crippen LogP contribution in [0.5, 0.6) is 0 Å². The van der Waals surface area contributed by atoms with Crippen molar-refractivity contribution in [2.45, 2.75) is 58.2 Å². The minimum absolute atomic E-state index is 0.0118.